The van der Waals surface area contributed by atoms with Gasteiger partial charge in [0.2, 0.25) is 0 Å². The zero-order valence-electron chi connectivity index (χ0n) is 13.0. The van der Waals surface area contributed by atoms with Crippen molar-refractivity contribution >= 4 is 17.1 Å². The van der Waals surface area contributed by atoms with Gasteiger partial charge in [-0.15, -0.1) is 0 Å². The highest BCUT2D eigenvalue weighted by molar-refractivity contribution is 5.53. The maximum absolute atomic E-state index is 10.8. The van der Waals surface area contributed by atoms with E-state index in [0.29, 0.717) is 0 Å². The lowest BCUT2D eigenvalue weighted by molar-refractivity contribution is -0.385. The summed E-state index contributed by atoms with van der Waals surface area (Å²) in [6.07, 6.45) is -0.0627. The Bertz CT molecular complexity index is 761. The second-order valence-corrected chi connectivity index (χ2v) is 5.67. The topological polar surface area (TPSA) is 92.8 Å². The first-order valence-corrected chi connectivity index (χ1v) is 7.43. The third-order valence-electron chi connectivity index (χ3n) is 4.20. The van der Waals surface area contributed by atoms with E-state index in [0.717, 1.165) is 24.3 Å². The van der Waals surface area contributed by atoms with E-state index in [1.54, 1.807) is 24.3 Å². The quantitative estimate of drug-likeness (QED) is 0.633. The van der Waals surface area contributed by atoms with E-state index in [2.05, 4.69) is 9.80 Å². The molecule has 1 aliphatic heterocycles. The van der Waals surface area contributed by atoms with Gasteiger partial charge in [-0.2, -0.15) is 0 Å². The average molecular weight is 328 g/mol. The molecule has 0 aliphatic carbocycles. The van der Waals surface area contributed by atoms with Gasteiger partial charge in [0.05, 0.1) is 9.85 Å². The lowest BCUT2D eigenvalue weighted by Gasteiger charge is -2.30. The summed E-state index contributed by atoms with van der Waals surface area (Å²) in [6.45, 7) is 1.61. The predicted octanol–water partition coefficient (Wildman–Crippen LogP) is 2.95. The molecule has 8 nitrogen and oxygen atoms in total. The van der Waals surface area contributed by atoms with Crippen LogP contribution in [0.15, 0.2) is 48.5 Å². The van der Waals surface area contributed by atoms with Crippen molar-refractivity contribution in [3.8, 4) is 0 Å². The molecule has 0 bridgehead atoms. The van der Waals surface area contributed by atoms with Crippen molar-refractivity contribution in [3.63, 3.8) is 0 Å². The van der Waals surface area contributed by atoms with Crippen molar-refractivity contribution in [2.45, 2.75) is 6.17 Å². The number of hydrogen-bond acceptors (Lipinski definition) is 6. The van der Waals surface area contributed by atoms with Crippen molar-refractivity contribution in [3.05, 3.63) is 74.3 Å². The van der Waals surface area contributed by atoms with Crippen LogP contribution in [-0.2, 0) is 0 Å². The third-order valence-corrected chi connectivity index (χ3v) is 4.20. The zero-order valence-corrected chi connectivity index (χ0v) is 13.0. The maximum Gasteiger partial charge on any atom is 0.269 e. The molecule has 0 spiro atoms. The fraction of sp³-hybridized carbons (Fsp3) is 0.250. The van der Waals surface area contributed by atoms with Crippen molar-refractivity contribution in [1.82, 2.24) is 4.90 Å². The lowest BCUT2D eigenvalue weighted by Crippen LogP contribution is -2.28. The minimum atomic E-state index is -0.423. The molecule has 1 atom stereocenters. The Kier molecular flexibility index (Phi) is 4.13. The van der Waals surface area contributed by atoms with E-state index in [-0.39, 0.29) is 17.5 Å². The number of hydrogen-bond donors (Lipinski definition) is 0. The number of non-ortho nitro benzene ring substituents is 2. The van der Waals surface area contributed by atoms with Gasteiger partial charge in [-0.3, -0.25) is 25.1 Å². The van der Waals surface area contributed by atoms with Gasteiger partial charge in [-0.25, -0.2) is 0 Å². The molecule has 2 aromatic carbocycles. The first-order valence-electron chi connectivity index (χ1n) is 7.43. The number of nitrogens with zero attached hydrogens (tertiary/aromatic N) is 4. The highest BCUT2D eigenvalue weighted by Crippen LogP contribution is 2.34. The Hall–Kier alpha value is -3.00. The van der Waals surface area contributed by atoms with E-state index in [1.807, 2.05) is 7.05 Å². The van der Waals surface area contributed by atoms with Gasteiger partial charge >= 0.3 is 0 Å². The van der Waals surface area contributed by atoms with Crippen molar-refractivity contribution in [1.29, 1.82) is 0 Å². The number of benzene rings is 2. The van der Waals surface area contributed by atoms with Crippen LogP contribution >= 0.6 is 0 Å². The van der Waals surface area contributed by atoms with Crippen LogP contribution < -0.4 is 4.90 Å². The second-order valence-electron chi connectivity index (χ2n) is 5.67. The van der Waals surface area contributed by atoms with Gasteiger partial charge in [0.1, 0.15) is 6.17 Å². The molecular formula is C16H16N4O4. The summed E-state index contributed by atoms with van der Waals surface area (Å²) >= 11 is 0. The van der Waals surface area contributed by atoms with Crippen LogP contribution in [0.3, 0.4) is 0 Å². The molecule has 1 saturated heterocycles. The summed E-state index contributed by atoms with van der Waals surface area (Å²) in [7, 11) is 1.98. The monoisotopic (exact) mass is 328 g/mol. The van der Waals surface area contributed by atoms with Gasteiger partial charge in [0.15, 0.2) is 0 Å². The number of anilines is 1. The minimum absolute atomic E-state index is 0.0539. The van der Waals surface area contributed by atoms with E-state index in [1.165, 1.54) is 24.3 Å². The predicted molar refractivity (Wildman–Crippen MR) is 88.9 cm³/mol. The van der Waals surface area contributed by atoms with Gasteiger partial charge in [0.25, 0.3) is 11.4 Å². The Morgan fingerprint density at radius 3 is 1.88 bits per heavy atom. The molecule has 124 valence electrons. The van der Waals surface area contributed by atoms with Crippen molar-refractivity contribution in [2.75, 3.05) is 25.0 Å². The number of rotatable bonds is 4. The normalized spacial score (nSPS) is 17.9. The molecule has 1 fully saturated rings. The minimum Gasteiger partial charge on any atom is -0.350 e. The summed E-state index contributed by atoms with van der Waals surface area (Å²) in [6, 6.07) is 12.9. The van der Waals surface area contributed by atoms with Gasteiger partial charge < -0.3 is 4.90 Å². The molecule has 0 radical (unpaired) electrons. The fourth-order valence-corrected chi connectivity index (χ4v) is 2.99. The van der Waals surface area contributed by atoms with Crippen LogP contribution in [0.5, 0.6) is 0 Å². The maximum atomic E-state index is 10.8. The number of nitro groups is 2. The van der Waals surface area contributed by atoms with Crippen LogP contribution in [0.1, 0.15) is 11.7 Å². The molecule has 0 saturated carbocycles. The summed E-state index contributed by atoms with van der Waals surface area (Å²) in [5.41, 5.74) is 1.94. The van der Waals surface area contributed by atoms with E-state index in [9.17, 15) is 20.2 Å². The Balaban J connectivity index is 1.90. The molecule has 0 N–H and O–H groups in total. The van der Waals surface area contributed by atoms with Crippen molar-refractivity contribution in [2.24, 2.45) is 0 Å². The van der Waals surface area contributed by atoms with E-state index < -0.39 is 9.85 Å². The van der Waals surface area contributed by atoms with Crippen LogP contribution in [0, 0.1) is 20.2 Å². The average Bonchev–Trinajstić information content (AvgIpc) is 2.96. The molecule has 2 aromatic rings. The van der Waals surface area contributed by atoms with Crippen LogP contribution in [0.2, 0.25) is 0 Å². The summed E-state index contributed by atoms with van der Waals surface area (Å²) in [5.74, 6) is 0. The highest BCUT2D eigenvalue weighted by Gasteiger charge is 2.31. The Morgan fingerprint density at radius 2 is 1.38 bits per heavy atom. The molecule has 8 heteroatoms. The molecular weight excluding hydrogens is 312 g/mol. The molecule has 1 aliphatic rings. The third kappa shape index (κ3) is 2.91. The number of likely N-dealkylation sites (N-methyl/N-ethyl adjacent to an activating group) is 1. The standard InChI is InChI=1S/C16H16N4O4/c1-17-10-11-18(13-6-8-15(9-7-13)20(23)24)16(17)12-2-4-14(5-3-12)19(21)22/h2-9,16H,10-11H2,1H3. The van der Waals surface area contributed by atoms with Crippen molar-refractivity contribution < 1.29 is 9.85 Å². The second kappa shape index (κ2) is 6.25. The highest BCUT2D eigenvalue weighted by atomic mass is 16.6. The van der Waals surface area contributed by atoms with Crippen LogP contribution in [0.25, 0.3) is 0 Å². The molecule has 1 unspecified atom stereocenters. The van der Waals surface area contributed by atoms with E-state index >= 15 is 0 Å². The molecule has 1 heterocycles. The number of nitro benzene ring substituents is 2. The summed E-state index contributed by atoms with van der Waals surface area (Å²) in [5, 5.41) is 21.6. The summed E-state index contributed by atoms with van der Waals surface area (Å²) in [4.78, 5) is 25.0. The smallest absolute Gasteiger partial charge is 0.269 e. The molecule has 3 rings (SSSR count). The summed E-state index contributed by atoms with van der Waals surface area (Å²) < 4.78 is 0. The first-order chi connectivity index (χ1) is 11.5. The largest absolute Gasteiger partial charge is 0.350 e. The lowest BCUT2D eigenvalue weighted by atomic mass is 10.1. The SMILES string of the molecule is CN1CCN(c2ccc([N+](=O)[O-])cc2)C1c1ccc([N+](=O)[O-])cc1. The van der Waals surface area contributed by atoms with Gasteiger partial charge in [-0.05, 0) is 36.9 Å². The van der Waals surface area contributed by atoms with Gasteiger partial charge in [-0.1, -0.05) is 0 Å². The van der Waals surface area contributed by atoms with Crippen LogP contribution in [-0.4, -0.2) is 34.9 Å². The Morgan fingerprint density at radius 1 is 0.875 bits per heavy atom. The van der Waals surface area contributed by atoms with Gasteiger partial charge in [0, 0.05) is 43.0 Å². The molecule has 0 amide bonds. The molecule has 24 heavy (non-hydrogen) atoms. The molecule has 0 aromatic heterocycles. The zero-order chi connectivity index (χ0) is 17.3. The first kappa shape index (κ1) is 15.9. The fourth-order valence-electron chi connectivity index (χ4n) is 2.99. The van der Waals surface area contributed by atoms with E-state index in [4.69, 9.17) is 0 Å². The Labute approximate surface area is 138 Å². The van der Waals surface area contributed by atoms with Crippen LogP contribution in [0.4, 0.5) is 17.1 Å².